The molecule has 0 radical (unpaired) electrons. The van der Waals surface area contributed by atoms with Gasteiger partial charge in [-0.3, -0.25) is 9.69 Å². The molecule has 1 amide bonds. The van der Waals surface area contributed by atoms with Crippen molar-refractivity contribution in [1.82, 2.24) is 10.2 Å². The van der Waals surface area contributed by atoms with Gasteiger partial charge in [-0.05, 0) is 42.5 Å². The zero-order valence-corrected chi connectivity index (χ0v) is 13.0. The van der Waals surface area contributed by atoms with Gasteiger partial charge in [0.15, 0.2) is 0 Å². The molecular weight excluding hydrogens is 318 g/mol. The number of nitrogen functional groups attached to an aromatic ring is 1. The number of fused-ring (bicyclic) bond motifs is 1. The van der Waals surface area contributed by atoms with Crippen molar-refractivity contribution >= 4 is 27.5 Å². The van der Waals surface area contributed by atoms with Gasteiger partial charge in [-0.15, -0.1) is 0 Å². The van der Waals surface area contributed by atoms with Crippen LogP contribution < -0.4 is 11.1 Å². The number of halogens is 1. The maximum Gasteiger partial charge on any atom is 0.220 e. The average Bonchev–Trinajstić information content (AvgIpc) is 2.38. The fourth-order valence-corrected chi connectivity index (χ4v) is 3.91. The quantitative estimate of drug-likeness (QED) is 0.813. The highest BCUT2D eigenvalue weighted by molar-refractivity contribution is 9.10. The topological polar surface area (TPSA) is 58.4 Å². The van der Waals surface area contributed by atoms with Crippen LogP contribution in [0.2, 0.25) is 0 Å². The van der Waals surface area contributed by atoms with Crippen molar-refractivity contribution in [3.8, 4) is 0 Å². The monoisotopic (exact) mass is 337 g/mol. The maximum atomic E-state index is 11.4. The predicted molar refractivity (Wildman–Crippen MR) is 83.1 cm³/mol. The first-order valence-corrected chi connectivity index (χ1v) is 7.96. The second kappa shape index (κ2) is 5.74. The van der Waals surface area contributed by atoms with E-state index in [0.29, 0.717) is 18.4 Å². The van der Waals surface area contributed by atoms with Crippen molar-refractivity contribution in [1.29, 1.82) is 0 Å². The number of amides is 1. The molecule has 2 heterocycles. The number of hydrogen-bond acceptors (Lipinski definition) is 3. The molecule has 0 bridgehead atoms. The molecule has 3 rings (SSSR count). The first kappa shape index (κ1) is 13.9. The Labute approximate surface area is 127 Å². The number of nitrogens with two attached hydrogens (primary N) is 1. The molecule has 5 heteroatoms. The second-order valence-electron chi connectivity index (χ2n) is 5.89. The number of nitrogens with zero attached hydrogens (tertiary/aromatic N) is 1. The molecular formula is C15H20BrN3O. The number of benzene rings is 1. The van der Waals surface area contributed by atoms with Gasteiger partial charge in [0.05, 0.1) is 0 Å². The lowest BCUT2D eigenvalue weighted by molar-refractivity contribution is -0.125. The van der Waals surface area contributed by atoms with E-state index in [1.54, 1.807) is 0 Å². The molecule has 2 fully saturated rings. The molecule has 2 aliphatic rings. The molecule has 1 aromatic rings. The van der Waals surface area contributed by atoms with Gasteiger partial charge < -0.3 is 11.1 Å². The fourth-order valence-electron chi connectivity index (χ4n) is 3.35. The summed E-state index contributed by atoms with van der Waals surface area (Å²) < 4.78 is 1.03. The van der Waals surface area contributed by atoms with Gasteiger partial charge in [0.25, 0.3) is 0 Å². The number of carbonyl (C=O) groups is 1. The minimum atomic E-state index is 0.222. The van der Waals surface area contributed by atoms with Gasteiger partial charge in [-0.1, -0.05) is 15.9 Å². The van der Waals surface area contributed by atoms with Gasteiger partial charge in [0, 0.05) is 42.3 Å². The van der Waals surface area contributed by atoms with Crippen molar-refractivity contribution in [3.05, 3.63) is 28.2 Å². The van der Waals surface area contributed by atoms with Crippen LogP contribution in [-0.4, -0.2) is 29.9 Å². The Hall–Kier alpha value is -1.07. The molecule has 2 atom stereocenters. The van der Waals surface area contributed by atoms with Crippen LogP contribution in [0, 0.1) is 5.92 Å². The SMILES string of the molecule is Nc1cc(Br)cc(CN2CCC3NC(=O)CCC3C2)c1. The first-order chi connectivity index (χ1) is 9.60. The van der Waals surface area contributed by atoms with Crippen molar-refractivity contribution in [2.24, 2.45) is 5.92 Å². The third kappa shape index (κ3) is 3.15. The molecule has 0 saturated carbocycles. The van der Waals surface area contributed by atoms with Crippen LogP contribution in [0.1, 0.15) is 24.8 Å². The Morgan fingerprint density at radius 3 is 3.00 bits per heavy atom. The average molecular weight is 338 g/mol. The summed E-state index contributed by atoms with van der Waals surface area (Å²) in [4.78, 5) is 13.9. The molecule has 2 saturated heterocycles. The van der Waals surface area contributed by atoms with Crippen LogP contribution in [0.3, 0.4) is 0 Å². The lowest BCUT2D eigenvalue weighted by Crippen LogP contribution is -2.53. The lowest BCUT2D eigenvalue weighted by atomic mass is 9.85. The molecule has 1 aromatic carbocycles. The van der Waals surface area contributed by atoms with E-state index in [4.69, 9.17) is 5.73 Å². The number of carbonyl (C=O) groups excluding carboxylic acids is 1. The summed E-state index contributed by atoms with van der Waals surface area (Å²) in [5, 5.41) is 3.13. The number of piperidine rings is 2. The number of rotatable bonds is 2. The smallest absolute Gasteiger partial charge is 0.220 e. The van der Waals surface area contributed by atoms with Crippen molar-refractivity contribution in [2.45, 2.75) is 31.8 Å². The molecule has 2 aliphatic heterocycles. The van der Waals surface area contributed by atoms with E-state index in [-0.39, 0.29) is 5.91 Å². The molecule has 4 nitrogen and oxygen atoms in total. The summed E-state index contributed by atoms with van der Waals surface area (Å²) in [6.45, 7) is 3.03. The summed E-state index contributed by atoms with van der Waals surface area (Å²) in [6.07, 6.45) is 2.76. The molecule has 108 valence electrons. The highest BCUT2D eigenvalue weighted by atomic mass is 79.9. The van der Waals surface area contributed by atoms with Gasteiger partial charge in [-0.25, -0.2) is 0 Å². The van der Waals surface area contributed by atoms with Crippen LogP contribution >= 0.6 is 15.9 Å². The number of anilines is 1. The van der Waals surface area contributed by atoms with Crippen LogP contribution in [0.4, 0.5) is 5.69 Å². The molecule has 0 aliphatic carbocycles. The third-order valence-electron chi connectivity index (χ3n) is 4.29. The van der Waals surface area contributed by atoms with E-state index in [2.05, 4.69) is 32.2 Å². The molecule has 3 N–H and O–H groups in total. The Morgan fingerprint density at radius 1 is 1.35 bits per heavy atom. The highest BCUT2D eigenvalue weighted by Gasteiger charge is 2.33. The first-order valence-electron chi connectivity index (χ1n) is 7.17. The number of likely N-dealkylation sites (tertiary alicyclic amines) is 1. The summed E-state index contributed by atoms with van der Waals surface area (Å²) in [6, 6.07) is 6.48. The van der Waals surface area contributed by atoms with Crippen LogP contribution in [0.5, 0.6) is 0 Å². The van der Waals surface area contributed by atoms with Gasteiger partial charge in [0.1, 0.15) is 0 Å². The summed E-state index contributed by atoms with van der Waals surface area (Å²) in [5.41, 5.74) is 7.94. The lowest BCUT2D eigenvalue weighted by Gasteiger charge is -2.41. The molecule has 20 heavy (non-hydrogen) atoms. The van der Waals surface area contributed by atoms with Crippen molar-refractivity contribution in [3.63, 3.8) is 0 Å². The molecule has 0 spiro atoms. The zero-order chi connectivity index (χ0) is 14.1. The highest BCUT2D eigenvalue weighted by Crippen LogP contribution is 2.27. The van der Waals surface area contributed by atoms with Gasteiger partial charge in [0.2, 0.25) is 5.91 Å². The third-order valence-corrected chi connectivity index (χ3v) is 4.75. The molecule has 2 unspecified atom stereocenters. The fraction of sp³-hybridized carbons (Fsp3) is 0.533. The summed E-state index contributed by atoms with van der Waals surface area (Å²) >= 11 is 3.49. The maximum absolute atomic E-state index is 11.4. The summed E-state index contributed by atoms with van der Waals surface area (Å²) in [7, 11) is 0. The minimum absolute atomic E-state index is 0.222. The number of hydrogen-bond donors (Lipinski definition) is 2. The van der Waals surface area contributed by atoms with Crippen LogP contribution in [-0.2, 0) is 11.3 Å². The molecule has 0 aromatic heterocycles. The largest absolute Gasteiger partial charge is 0.399 e. The second-order valence-corrected chi connectivity index (χ2v) is 6.81. The predicted octanol–water partition coefficient (Wildman–Crippen LogP) is 2.13. The van der Waals surface area contributed by atoms with E-state index in [0.717, 1.165) is 42.6 Å². The van der Waals surface area contributed by atoms with E-state index in [1.165, 1.54) is 5.56 Å². The normalized spacial score (nSPS) is 26.9. The van der Waals surface area contributed by atoms with Gasteiger partial charge in [-0.2, -0.15) is 0 Å². The van der Waals surface area contributed by atoms with Crippen LogP contribution in [0.25, 0.3) is 0 Å². The zero-order valence-electron chi connectivity index (χ0n) is 11.4. The standard InChI is InChI=1S/C15H20BrN3O/c16-12-5-10(6-13(17)7-12)8-19-4-3-14-11(9-19)1-2-15(20)18-14/h5-7,11,14H,1-4,8-9,17H2,(H,18,20). The Kier molecular flexibility index (Phi) is 3.98. The minimum Gasteiger partial charge on any atom is -0.399 e. The number of nitrogens with one attached hydrogen (secondary N) is 1. The Bertz CT molecular complexity index is 500. The van der Waals surface area contributed by atoms with Crippen LogP contribution in [0.15, 0.2) is 22.7 Å². The van der Waals surface area contributed by atoms with Gasteiger partial charge >= 0.3 is 0 Å². The van der Waals surface area contributed by atoms with Crippen molar-refractivity contribution in [2.75, 3.05) is 18.8 Å². The summed E-state index contributed by atoms with van der Waals surface area (Å²) in [5.74, 6) is 0.824. The van der Waals surface area contributed by atoms with Crippen molar-refractivity contribution < 1.29 is 4.79 Å². The van der Waals surface area contributed by atoms with E-state index < -0.39 is 0 Å². The van der Waals surface area contributed by atoms with E-state index in [1.807, 2.05) is 12.1 Å². The van der Waals surface area contributed by atoms with E-state index in [9.17, 15) is 4.79 Å². The Balaban J connectivity index is 1.63. The Morgan fingerprint density at radius 2 is 2.20 bits per heavy atom. The van der Waals surface area contributed by atoms with E-state index >= 15 is 0 Å².